The number of nitrogens with one attached hydrogen (secondary N) is 2. The van der Waals surface area contributed by atoms with E-state index in [1.54, 1.807) is 0 Å². The molecule has 2 N–H and O–H groups in total. The van der Waals surface area contributed by atoms with Gasteiger partial charge in [0.2, 0.25) is 11.0 Å². The third-order valence-electron chi connectivity index (χ3n) is 3.70. The normalized spacial score (nSPS) is 13.8. The number of fused-ring (bicyclic) bond motifs is 1. The van der Waals surface area contributed by atoms with Gasteiger partial charge in [-0.05, 0) is 24.3 Å². The Kier molecular flexibility index (Phi) is 4.36. The van der Waals surface area contributed by atoms with E-state index >= 15 is 0 Å². The minimum Gasteiger partial charge on any atom is -0.357 e. The van der Waals surface area contributed by atoms with Crippen molar-refractivity contribution in [2.45, 2.75) is 23.2 Å². The number of carbonyl (C=O) groups is 1. The lowest BCUT2D eigenvalue weighted by molar-refractivity contribution is -0.113. The number of hydrogen-bond acceptors (Lipinski definition) is 6. The van der Waals surface area contributed by atoms with Crippen LogP contribution in [0.25, 0.3) is 10.8 Å². The van der Waals surface area contributed by atoms with E-state index in [2.05, 4.69) is 20.8 Å². The maximum absolute atomic E-state index is 12.2. The largest absolute Gasteiger partial charge is 0.357 e. The maximum atomic E-state index is 12.2. The molecule has 4 rings (SSSR count). The molecule has 24 heavy (non-hydrogen) atoms. The summed E-state index contributed by atoms with van der Waals surface area (Å²) in [6.07, 6.45) is 2.41. The number of aromatic nitrogens is 2. The molecular formula is C17H16N4OS2. The number of anilines is 2. The zero-order chi connectivity index (χ0) is 16.4. The molecule has 3 aromatic rings. The third-order valence-corrected chi connectivity index (χ3v) is 5.69. The third kappa shape index (κ3) is 3.68. The molecule has 1 heterocycles. The molecule has 0 aliphatic heterocycles. The Hall–Kier alpha value is -2.12. The topological polar surface area (TPSA) is 66.9 Å². The summed E-state index contributed by atoms with van der Waals surface area (Å²) in [7, 11) is 0. The van der Waals surface area contributed by atoms with Crippen molar-refractivity contribution in [3.05, 3.63) is 42.5 Å². The van der Waals surface area contributed by atoms with Crippen LogP contribution in [0.3, 0.4) is 0 Å². The van der Waals surface area contributed by atoms with Gasteiger partial charge < -0.3 is 10.6 Å². The van der Waals surface area contributed by atoms with E-state index in [0.717, 1.165) is 25.9 Å². The molecule has 0 unspecified atom stereocenters. The highest BCUT2D eigenvalue weighted by molar-refractivity contribution is 8.01. The number of amides is 1. The molecule has 0 bridgehead atoms. The van der Waals surface area contributed by atoms with Gasteiger partial charge in [0.15, 0.2) is 4.34 Å². The second kappa shape index (κ2) is 6.78. The minimum atomic E-state index is -0.0387. The Balaban J connectivity index is 1.36. The molecule has 1 aliphatic carbocycles. The summed E-state index contributed by atoms with van der Waals surface area (Å²) < 4.78 is 0.811. The summed E-state index contributed by atoms with van der Waals surface area (Å²) in [5, 5.41) is 17.5. The smallest absolute Gasteiger partial charge is 0.234 e. The first-order chi connectivity index (χ1) is 11.8. The number of nitrogens with zero attached hydrogens (tertiary/aromatic N) is 2. The number of hydrogen-bond donors (Lipinski definition) is 2. The fourth-order valence-electron chi connectivity index (χ4n) is 2.38. The molecule has 0 radical (unpaired) electrons. The molecule has 0 spiro atoms. The minimum absolute atomic E-state index is 0.0387. The van der Waals surface area contributed by atoms with Gasteiger partial charge in [-0.25, -0.2) is 0 Å². The van der Waals surface area contributed by atoms with E-state index in [0.29, 0.717) is 11.8 Å². The van der Waals surface area contributed by atoms with E-state index in [9.17, 15) is 4.79 Å². The lowest BCUT2D eigenvalue weighted by Gasteiger charge is -2.08. The van der Waals surface area contributed by atoms with Gasteiger partial charge >= 0.3 is 0 Å². The summed E-state index contributed by atoms with van der Waals surface area (Å²) in [6, 6.07) is 14.5. The number of benzene rings is 2. The number of carbonyl (C=O) groups excluding carboxylic acids is 1. The van der Waals surface area contributed by atoms with E-state index in [1.165, 1.54) is 35.9 Å². The zero-order valence-corrected chi connectivity index (χ0v) is 14.5. The van der Waals surface area contributed by atoms with E-state index < -0.39 is 0 Å². The van der Waals surface area contributed by atoms with Gasteiger partial charge in [0.1, 0.15) is 0 Å². The summed E-state index contributed by atoms with van der Waals surface area (Å²) in [6.45, 7) is 0. The number of thioether (sulfide) groups is 1. The van der Waals surface area contributed by atoms with Gasteiger partial charge in [0.05, 0.1) is 5.75 Å². The first kappa shape index (κ1) is 15.4. The molecule has 1 fully saturated rings. The van der Waals surface area contributed by atoms with Crippen molar-refractivity contribution >= 4 is 50.6 Å². The maximum Gasteiger partial charge on any atom is 0.234 e. The Labute approximate surface area is 147 Å². The highest BCUT2D eigenvalue weighted by Crippen LogP contribution is 2.30. The first-order valence-corrected chi connectivity index (χ1v) is 9.58. The SMILES string of the molecule is O=C(CSc1nnc(NC2CC2)s1)Nc1cccc2ccccc12. The molecule has 1 saturated carbocycles. The molecule has 1 amide bonds. The molecule has 0 saturated heterocycles. The van der Waals surface area contributed by atoms with Crippen LogP contribution in [0.15, 0.2) is 46.8 Å². The summed E-state index contributed by atoms with van der Waals surface area (Å²) in [5.74, 6) is 0.282. The van der Waals surface area contributed by atoms with Crippen LogP contribution >= 0.6 is 23.1 Å². The average molecular weight is 356 g/mol. The summed E-state index contributed by atoms with van der Waals surface area (Å²) in [5.41, 5.74) is 0.840. The predicted molar refractivity (Wildman–Crippen MR) is 99.9 cm³/mol. The molecule has 122 valence electrons. The second-order valence-corrected chi connectivity index (χ2v) is 7.86. The van der Waals surface area contributed by atoms with Crippen LogP contribution in [0, 0.1) is 0 Å². The van der Waals surface area contributed by atoms with E-state index in [-0.39, 0.29) is 5.91 Å². The Morgan fingerprint density at radius 1 is 1.17 bits per heavy atom. The van der Waals surface area contributed by atoms with Crippen LogP contribution in [0.5, 0.6) is 0 Å². The quantitative estimate of drug-likeness (QED) is 0.654. The molecule has 7 heteroatoms. The molecule has 2 aromatic carbocycles. The van der Waals surface area contributed by atoms with Gasteiger partial charge in [-0.3, -0.25) is 4.79 Å². The highest BCUT2D eigenvalue weighted by Gasteiger charge is 2.22. The standard InChI is InChI=1S/C17H16N4OS2/c22-15(10-23-17-21-20-16(24-17)18-12-8-9-12)19-14-7-3-5-11-4-1-2-6-13(11)14/h1-7,12H,8-10H2,(H,18,20)(H,19,22). The van der Waals surface area contributed by atoms with Crippen molar-refractivity contribution in [1.82, 2.24) is 10.2 Å². The summed E-state index contributed by atoms with van der Waals surface area (Å²) in [4.78, 5) is 12.2. The predicted octanol–water partition coefficient (Wildman–Crippen LogP) is 4.00. The molecule has 5 nitrogen and oxygen atoms in total. The van der Waals surface area contributed by atoms with Gasteiger partial charge in [-0.1, -0.05) is 59.5 Å². The van der Waals surface area contributed by atoms with Crippen molar-refractivity contribution in [3.63, 3.8) is 0 Å². The van der Waals surface area contributed by atoms with E-state index in [4.69, 9.17) is 0 Å². The van der Waals surface area contributed by atoms with Crippen molar-refractivity contribution < 1.29 is 4.79 Å². The lowest BCUT2D eigenvalue weighted by Crippen LogP contribution is -2.14. The van der Waals surface area contributed by atoms with Crippen LogP contribution in [0.1, 0.15) is 12.8 Å². The van der Waals surface area contributed by atoms with Crippen LogP contribution in [0.4, 0.5) is 10.8 Å². The zero-order valence-electron chi connectivity index (χ0n) is 12.9. The molecular weight excluding hydrogens is 340 g/mol. The fraction of sp³-hybridized carbons (Fsp3) is 0.235. The van der Waals surface area contributed by atoms with Gasteiger partial charge in [0, 0.05) is 17.1 Å². The van der Waals surface area contributed by atoms with Crippen molar-refractivity contribution in [1.29, 1.82) is 0 Å². The van der Waals surface area contributed by atoms with Crippen LogP contribution in [-0.2, 0) is 4.79 Å². The molecule has 1 aliphatic rings. The molecule has 0 atom stereocenters. The highest BCUT2D eigenvalue weighted by atomic mass is 32.2. The van der Waals surface area contributed by atoms with Crippen molar-refractivity contribution in [2.24, 2.45) is 0 Å². The van der Waals surface area contributed by atoms with Crippen LogP contribution in [0.2, 0.25) is 0 Å². The average Bonchev–Trinajstić information content (AvgIpc) is 3.30. The van der Waals surface area contributed by atoms with Crippen LogP contribution < -0.4 is 10.6 Å². The Bertz CT molecular complexity index is 870. The van der Waals surface area contributed by atoms with Gasteiger partial charge in [-0.2, -0.15) is 0 Å². The lowest BCUT2D eigenvalue weighted by atomic mass is 10.1. The monoisotopic (exact) mass is 356 g/mol. The second-order valence-electron chi connectivity index (χ2n) is 5.66. The first-order valence-electron chi connectivity index (χ1n) is 7.78. The number of rotatable bonds is 6. The Morgan fingerprint density at radius 3 is 2.88 bits per heavy atom. The van der Waals surface area contributed by atoms with Crippen molar-refractivity contribution in [2.75, 3.05) is 16.4 Å². The van der Waals surface area contributed by atoms with E-state index in [1.807, 2.05) is 42.5 Å². The van der Waals surface area contributed by atoms with Gasteiger partial charge in [-0.15, -0.1) is 10.2 Å². The Morgan fingerprint density at radius 2 is 2.00 bits per heavy atom. The van der Waals surface area contributed by atoms with Crippen molar-refractivity contribution in [3.8, 4) is 0 Å². The fourth-order valence-corrected chi connectivity index (χ4v) is 4.01. The van der Waals surface area contributed by atoms with Crippen LogP contribution in [-0.4, -0.2) is 27.9 Å². The summed E-state index contributed by atoms with van der Waals surface area (Å²) >= 11 is 2.92. The van der Waals surface area contributed by atoms with Gasteiger partial charge in [0.25, 0.3) is 0 Å². The molecule has 1 aromatic heterocycles.